The van der Waals surface area contributed by atoms with Crippen molar-refractivity contribution in [1.82, 2.24) is 0 Å². The van der Waals surface area contributed by atoms with Gasteiger partial charge in [0.1, 0.15) is 0 Å². The van der Waals surface area contributed by atoms with Crippen molar-refractivity contribution in [3.05, 3.63) is 39.9 Å². The van der Waals surface area contributed by atoms with E-state index in [1.165, 1.54) is 7.11 Å². The quantitative estimate of drug-likeness (QED) is 0.558. The van der Waals surface area contributed by atoms with E-state index in [1.807, 2.05) is 24.3 Å². The number of carbonyl (C=O) groups is 1. The molecule has 1 aromatic carbocycles. The number of ether oxygens (including phenoxy) is 1. The van der Waals surface area contributed by atoms with Gasteiger partial charge in [0.25, 0.3) is 0 Å². The van der Waals surface area contributed by atoms with Crippen LogP contribution < -0.4 is 0 Å². The van der Waals surface area contributed by atoms with Gasteiger partial charge in [0, 0.05) is 16.5 Å². The van der Waals surface area contributed by atoms with E-state index in [1.54, 1.807) is 6.07 Å². The standard InChI is InChI=1S/C14H16Cl2O2/c1-18-14(17)7-5-3-2-4-6-11-8-9-12(15)10-13(11)16/h4,6,8-10H,2-3,5,7H2,1H3. The lowest BCUT2D eigenvalue weighted by Gasteiger charge is -1.99. The van der Waals surface area contributed by atoms with Crippen LogP contribution in [0.2, 0.25) is 10.0 Å². The molecule has 0 saturated carbocycles. The SMILES string of the molecule is COC(=O)CCCCC=Cc1ccc(Cl)cc1Cl. The number of rotatable bonds is 6. The third-order valence-electron chi connectivity index (χ3n) is 2.49. The summed E-state index contributed by atoms with van der Waals surface area (Å²) in [5.74, 6) is -0.153. The first-order valence-electron chi connectivity index (χ1n) is 5.82. The Morgan fingerprint density at radius 2 is 2.11 bits per heavy atom. The largest absolute Gasteiger partial charge is 0.469 e. The number of methoxy groups -OCH3 is 1. The summed E-state index contributed by atoms with van der Waals surface area (Å²) in [5.41, 5.74) is 0.953. The van der Waals surface area contributed by atoms with Crippen molar-refractivity contribution >= 4 is 35.2 Å². The lowest BCUT2D eigenvalue weighted by Crippen LogP contribution is -1.98. The summed E-state index contributed by atoms with van der Waals surface area (Å²) in [6.07, 6.45) is 7.20. The Morgan fingerprint density at radius 1 is 1.33 bits per heavy atom. The van der Waals surface area contributed by atoms with Crippen molar-refractivity contribution in [3.63, 3.8) is 0 Å². The van der Waals surface area contributed by atoms with Crippen molar-refractivity contribution in [2.75, 3.05) is 7.11 Å². The second kappa shape index (κ2) is 8.17. The van der Waals surface area contributed by atoms with Crippen LogP contribution in [0.5, 0.6) is 0 Å². The van der Waals surface area contributed by atoms with Crippen LogP contribution in [0.1, 0.15) is 31.2 Å². The van der Waals surface area contributed by atoms with Gasteiger partial charge in [0.05, 0.1) is 7.11 Å². The van der Waals surface area contributed by atoms with Crippen LogP contribution >= 0.6 is 23.2 Å². The fourth-order valence-corrected chi connectivity index (χ4v) is 1.95. The Bertz CT molecular complexity index is 428. The highest BCUT2D eigenvalue weighted by Gasteiger charge is 1.99. The molecule has 4 heteroatoms. The highest BCUT2D eigenvalue weighted by Crippen LogP contribution is 2.22. The highest BCUT2D eigenvalue weighted by atomic mass is 35.5. The van der Waals surface area contributed by atoms with Crippen LogP contribution in [0, 0.1) is 0 Å². The van der Waals surface area contributed by atoms with Crippen LogP contribution in [0.3, 0.4) is 0 Å². The zero-order valence-corrected chi connectivity index (χ0v) is 11.8. The van der Waals surface area contributed by atoms with Crippen LogP contribution in [0.4, 0.5) is 0 Å². The summed E-state index contributed by atoms with van der Waals surface area (Å²) in [4.78, 5) is 10.9. The number of allylic oxidation sites excluding steroid dienone is 1. The molecule has 0 heterocycles. The summed E-state index contributed by atoms with van der Waals surface area (Å²) in [5, 5.41) is 1.28. The second-order valence-electron chi connectivity index (χ2n) is 3.89. The Kier molecular flexibility index (Phi) is 6.84. The molecular formula is C14H16Cl2O2. The first-order valence-corrected chi connectivity index (χ1v) is 6.57. The zero-order valence-electron chi connectivity index (χ0n) is 10.3. The van der Waals surface area contributed by atoms with E-state index in [2.05, 4.69) is 4.74 Å². The van der Waals surface area contributed by atoms with Gasteiger partial charge in [0.2, 0.25) is 0 Å². The van der Waals surface area contributed by atoms with Crippen LogP contribution in [-0.2, 0) is 9.53 Å². The van der Waals surface area contributed by atoms with E-state index >= 15 is 0 Å². The second-order valence-corrected chi connectivity index (χ2v) is 4.73. The molecule has 0 saturated heterocycles. The Labute approximate surface area is 118 Å². The number of carbonyl (C=O) groups excluding carboxylic acids is 1. The predicted molar refractivity (Wildman–Crippen MR) is 76.0 cm³/mol. The van der Waals surface area contributed by atoms with Gasteiger partial charge >= 0.3 is 5.97 Å². The number of halogens is 2. The molecule has 0 unspecified atom stereocenters. The van der Waals surface area contributed by atoms with E-state index in [9.17, 15) is 4.79 Å². The molecule has 2 nitrogen and oxygen atoms in total. The highest BCUT2D eigenvalue weighted by molar-refractivity contribution is 6.35. The molecule has 0 amide bonds. The summed E-state index contributed by atoms with van der Waals surface area (Å²) in [6.45, 7) is 0. The first kappa shape index (κ1) is 15.1. The minimum absolute atomic E-state index is 0.153. The van der Waals surface area contributed by atoms with Crippen LogP contribution in [0.15, 0.2) is 24.3 Å². The van der Waals surface area contributed by atoms with Gasteiger partial charge < -0.3 is 4.74 Å². The van der Waals surface area contributed by atoms with Gasteiger partial charge in [-0.15, -0.1) is 0 Å². The lowest BCUT2D eigenvalue weighted by molar-refractivity contribution is -0.140. The molecule has 0 fully saturated rings. The van der Waals surface area contributed by atoms with E-state index < -0.39 is 0 Å². The Balaban J connectivity index is 2.30. The maximum Gasteiger partial charge on any atom is 0.305 e. The van der Waals surface area contributed by atoms with Crippen molar-refractivity contribution < 1.29 is 9.53 Å². The monoisotopic (exact) mass is 286 g/mol. The Hall–Kier alpha value is -0.990. The van der Waals surface area contributed by atoms with Crippen molar-refractivity contribution in [2.24, 2.45) is 0 Å². The minimum atomic E-state index is -0.153. The molecule has 1 rings (SSSR count). The molecular weight excluding hydrogens is 271 g/mol. The molecule has 0 radical (unpaired) electrons. The maximum atomic E-state index is 10.9. The van der Waals surface area contributed by atoms with Crippen molar-refractivity contribution in [2.45, 2.75) is 25.7 Å². The molecule has 1 aromatic rings. The molecule has 0 spiro atoms. The predicted octanol–water partition coefficient (Wildman–Crippen LogP) is 4.74. The fourth-order valence-electron chi connectivity index (χ4n) is 1.48. The van der Waals surface area contributed by atoms with E-state index in [-0.39, 0.29) is 5.97 Å². The Morgan fingerprint density at radius 3 is 2.78 bits per heavy atom. The molecule has 0 aliphatic rings. The number of unbranched alkanes of at least 4 members (excludes halogenated alkanes) is 2. The van der Waals surface area contributed by atoms with Gasteiger partial charge in [-0.25, -0.2) is 0 Å². The topological polar surface area (TPSA) is 26.3 Å². The number of benzene rings is 1. The maximum absolute atomic E-state index is 10.9. The van der Waals surface area contributed by atoms with Crippen LogP contribution in [-0.4, -0.2) is 13.1 Å². The first-order chi connectivity index (χ1) is 8.63. The molecule has 0 aliphatic carbocycles. The average molecular weight is 287 g/mol. The van der Waals surface area contributed by atoms with Gasteiger partial charge in [-0.1, -0.05) is 41.4 Å². The third kappa shape index (κ3) is 5.56. The van der Waals surface area contributed by atoms with E-state index in [0.717, 1.165) is 24.8 Å². The summed E-state index contributed by atoms with van der Waals surface area (Å²) < 4.78 is 4.57. The average Bonchev–Trinajstić information content (AvgIpc) is 2.35. The number of hydrogen-bond donors (Lipinski definition) is 0. The summed E-state index contributed by atoms with van der Waals surface area (Å²) >= 11 is 11.8. The third-order valence-corrected chi connectivity index (χ3v) is 3.05. The molecule has 0 N–H and O–H groups in total. The van der Waals surface area contributed by atoms with Gasteiger partial charge in [-0.05, 0) is 37.0 Å². The van der Waals surface area contributed by atoms with Crippen molar-refractivity contribution in [3.8, 4) is 0 Å². The van der Waals surface area contributed by atoms with Gasteiger partial charge in [0.15, 0.2) is 0 Å². The number of esters is 1. The van der Waals surface area contributed by atoms with Gasteiger partial charge in [-0.2, -0.15) is 0 Å². The molecule has 0 aromatic heterocycles. The smallest absolute Gasteiger partial charge is 0.305 e. The summed E-state index contributed by atoms with van der Waals surface area (Å²) in [7, 11) is 1.41. The molecule has 0 bridgehead atoms. The summed E-state index contributed by atoms with van der Waals surface area (Å²) in [6, 6.07) is 5.42. The van der Waals surface area contributed by atoms with Crippen molar-refractivity contribution in [1.29, 1.82) is 0 Å². The zero-order chi connectivity index (χ0) is 13.4. The molecule has 98 valence electrons. The molecule has 0 atom stereocenters. The van der Waals surface area contributed by atoms with E-state index in [0.29, 0.717) is 16.5 Å². The molecule has 0 aliphatic heterocycles. The minimum Gasteiger partial charge on any atom is -0.469 e. The van der Waals surface area contributed by atoms with Gasteiger partial charge in [-0.3, -0.25) is 4.79 Å². The number of hydrogen-bond acceptors (Lipinski definition) is 2. The van der Waals surface area contributed by atoms with Crippen LogP contribution in [0.25, 0.3) is 6.08 Å². The van der Waals surface area contributed by atoms with E-state index in [4.69, 9.17) is 23.2 Å². The fraction of sp³-hybridized carbons (Fsp3) is 0.357. The normalized spacial score (nSPS) is 10.8. The lowest BCUT2D eigenvalue weighted by atomic mass is 10.1. The molecule has 18 heavy (non-hydrogen) atoms.